The molecule has 0 saturated carbocycles. The molecule has 0 aliphatic heterocycles. The van der Waals surface area contributed by atoms with E-state index in [1.165, 1.54) is 19.2 Å². The summed E-state index contributed by atoms with van der Waals surface area (Å²) in [6.07, 6.45) is 0. The van der Waals surface area contributed by atoms with Crippen molar-refractivity contribution in [1.29, 1.82) is 0 Å². The first-order valence-electron chi connectivity index (χ1n) is 7.24. The second-order valence-corrected chi connectivity index (χ2v) is 5.31. The van der Waals surface area contributed by atoms with E-state index >= 15 is 0 Å². The Kier molecular flexibility index (Phi) is 4.04. The zero-order chi connectivity index (χ0) is 17.3. The third kappa shape index (κ3) is 2.86. The lowest BCUT2D eigenvalue weighted by atomic mass is 10.2. The van der Waals surface area contributed by atoms with Gasteiger partial charge in [0.25, 0.3) is 5.91 Å². The molecule has 1 heterocycles. The minimum absolute atomic E-state index is 0.320. The summed E-state index contributed by atoms with van der Waals surface area (Å²) in [5, 5.41) is 3.41. The molecule has 0 spiro atoms. The smallest absolute Gasteiger partial charge is 0.337 e. The summed E-state index contributed by atoms with van der Waals surface area (Å²) in [6.45, 7) is 0. The van der Waals surface area contributed by atoms with Crippen molar-refractivity contribution in [2.24, 2.45) is 7.05 Å². The predicted octanol–water partition coefficient (Wildman–Crippen LogP) is 3.36. The van der Waals surface area contributed by atoms with Gasteiger partial charge in [-0.15, -0.1) is 0 Å². The number of carbonyl (C=O) groups excluding carboxylic acids is 2. The highest BCUT2D eigenvalue weighted by molar-refractivity contribution is 6.06. The number of hydrogen-bond acceptors (Lipinski definition) is 3. The first-order valence-corrected chi connectivity index (χ1v) is 7.24. The number of anilines is 1. The third-order valence-electron chi connectivity index (χ3n) is 3.80. The van der Waals surface area contributed by atoms with Crippen LogP contribution in [0, 0.1) is 5.82 Å². The van der Waals surface area contributed by atoms with Gasteiger partial charge in [-0.2, -0.15) is 0 Å². The molecule has 1 aromatic heterocycles. The van der Waals surface area contributed by atoms with Gasteiger partial charge in [-0.25, -0.2) is 9.18 Å². The van der Waals surface area contributed by atoms with E-state index in [0.717, 1.165) is 5.52 Å². The Hall–Kier alpha value is -3.15. The number of aryl methyl sites for hydroxylation is 1. The molecule has 0 aliphatic rings. The van der Waals surface area contributed by atoms with Crippen LogP contribution in [0.3, 0.4) is 0 Å². The molecule has 1 N–H and O–H groups in total. The van der Waals surface area contributed by atoms with Crippen LogP contribution in [-0.4, -0.2) is 23.6 Å². The molecule has 0 unspecified atom stereocenters. The quantitative estimate of drug-likeness (QED) is 0.751. The number of nitrogens with zero attached hydrogens (tertiary/aromatic N) is 1. The maximum absolute atomic E-state index is 13.3. The summed E-state index contributed by atoms with van der Waals surface area (Å²) in [5.74, 6) is -1.11. The fraction of sp³-hybridized carbons (Fsp3) is 0.111. The van der Waals surface area contributed by atoms with E-state index < -0.39 is 5.97 Å². The van der Waals surface area contributed by atoms with Crippen LogP contribution in [0.2, 0.25) is 0 Å². The Morgan fingerprint density at radius 1 is 1.08 bits per heavy atom. The summed E-state index contributed by atoms with van der Waals surface area (Å²) in [5.41, 5.74) is 2.12. The number of benzene rings is 2. The van der Waals surface area contributed by atoms with Crippen LogP contribution in [0.15, 0.2) is 48.5 Å². The third-order valence-corrected chi connectivity index (χ3v) is 3.80. The van der Waals surface area contributed by atoms with Gasteiger partial charge in [-0.1, -0.05) is 0 Å². The first kappa shape index (κ1) is 15.7. The fourth-order valence-corrected chi connectivity index (χ4v) is 2.54. The van der Waals surface area contributed by atoms with E-state index in [4.69, 9.17) is 0 Å². The molecule has 0 fully saturated rings. The molecular weight excluding hydrogens is 311 g/mol. The summed E-state index contributed by atoms with van der Waals surface area (Å²) >= 11 is 0. The number of nitrogens with one attached hydrogen (secondary N) is 1. The highest BCUT2D eigenvalue weighted by Crippen LogP contribution is 2.21. The first-order chi connectivity index (χ1) is 11.5. The summed E-state index contributed by atoms with van der Waals surface area (Å²) in [6, 6.07) is 12.4. The van der Waals surface area contributed by atoms with Crippen LogP contribution in [0.4, 0.5) is 10.1 Å². The molecule has 6 heteroatoms. The lowest BCUT2D eigenvalue weighted by Gasteiger charge is -2.07. The lowest BCUT2D eigenvalue weighted by Crippen LogP contribution is -2.15. The minimum atomic E-state index is -0.441. The van der Waals surface area contributed by atoms with Crippen molar-refractivity contribution >= 4 is 28.5 Å². The van der Waals surface area contributed by atoms with E-state index in [2.05, 4.69) is 10.1 Å². The van der Waals surface area contributed by atoms with Crippen LogP contribution in [0.5, 0.6) is 0 Å². The van der Waals surface area contributed by atoms with Crippen molar-refractivity contribution < 1.29 is 18.7 Å². The summed E-state index contributed by atoms with van der Waals surface area (Å²) in [7, 11) is 3.05. The normalized spacial score (nSPS) is 10.6. The van der Waals surface area contributed by atoms with Crippen molar-refractivity contribution in [2.75, 3.05) is 12.4 Å². The SMILES string of the molecule is COC(=O)c1ccc(NC(=O)c2cc3cc(F)ccc3n2C)cc1. The molecule has 2 aromatic carbocycles. The predicted molar refractivity (Wildman–Crippen MR) is 88.6 cm³/mol. The number of hydrogen-bond donors (Lipinski definition) is 1. The molecule has 0 bridgehead atoms. The van der Waals surface area contributed by atoms with Crippen LogP contribution >= 0.6 is 0 Å². The van der Waals surface area contributed by atoms with Crippen molar-refractivity contribution in [3.8, 4) is 0 Å². The van der Waals surface area contributed by atoms with E-state index in [1.54, 1.807) is 48.0 Å². The van der Waals surface area contributed by atoms with Gasteiger partial charge < -0.3 is 14.6 Å². The van der Waals surface area contributed by atoms with E-state index in [-0.39, 0.29) is 11.7 Å². The molecule has 0 atom stereocenters. The average Bonchev–Trinajstić information content (AvgIpc) is 2.91. The zero-order valence-electron chi connectivity index (χ0n) is 13.2. The van der Waals surface area contributed by atoms with Gasteiger partial charge in [-0.3, -0.25) is 4.79 Å². The number of fused-ring (bicyclic) bond motifs is 1. The van der Waals surface area contributed by atoms with Crippen molar-refractivity contribution in [3.63, 3.8) is 0 Å². The number of halogens is 1. The number of methoxy groups -OCH3 is 1. The Morgan fingerprint density at radius 3 is 2.46 bits per heavy atom. The second-order valence-electron chi connectivity index (χ2n) is 5.31. The molecule has 0 radical (unpaired) electrons. The number of rotatable bonds is 3. The lowest BCUT2D eigenvalue weighted by molar-refractivity contribution is 0.0600. The Labute approximate surface area is 137 Å². The number of amides is 1. The molecule has 122 valence electrons. The minimum Gasteiger partial charge on any atom is -0.465 e. The Balaban J connectivity index is 1.85. The fourth-order valence-electron chi connectivity index (χ4n) is 2.54. The van der Waals surface area contributed by atoms with Gasteiger partial charge in [-0.05, 0) is 48.5 Å². The Bertz CT molecular complexity index is 929. The van der Waals surface area contributed by atoms with Crippen LogP contribution in [-0.2, 0) is 11.8 Å². The zero-order valence-corrected chi connectivity index (χ0v) is 13.2. The highest BCUT2D eigenvalue weighted by Gasteiger charge is 2.14. The van der Waals surface area contributed by atoms with Gasteiger partial charge in [0.2, 0.25) is 0 Å². The monoisotopic (exact) mass is 326 g/mol. The number of aromatic nitrogens is 1. The average molecular weight is 326 g/mol. The molecule has 1 amide bonds. The van der Waals surface area contributed by atoms with Crippen LogP contribution in [0.1, 0.15) is 20.8 Å². The molecule has 3 rings (SSSR count). The highest BCUT2D eigenvalue weighted by atomic mass is 19.1. The standard InChI is InChI=1S/C18H15FN2O3/c1-21-15-8-5-13(19)9-12(15)10-16(21)17(22)20-14-6-3-11(4-7-14)18(23)24-2/h3-10H,1-2H3,(H,20,22). The van der Waals surface area contributed by atoms with Crippen LogP contribution in [0.25, 0.3) is 10.9 Å². The van der Waals surface area contributed by atoms with E-state index in [9.17, 15) is 14.0 Å². The molecular formula is C18H15FN2O3. The topological polar surface area (TPSA) is 60.3 Å². The van der Waals surface area contributed by atoms with Gasteiger partial charge in [0.15, 0.2) is 0 Å². The maximum Gasteiger partial charge on any atom is 0.337 e. The molecule has 0 aliphatic carbocycles. The number of esters is 1. The molecule has 5 nitrogen and oxygen atoms in total. The summed E-state index contributed by atoms with van der Waals surface area (Å²) < 4.78 is 19.6. The van der Waals surface area contributed by atoms with E-state index in [1.807, 2.05) is 0 Å². The van der Waals surface area contributed by atoms with Crippen LogP contribution < -0.4 is 5.32 Å². The summed E-state index contributed by atoms with van der Waals surface area (Å²) in [4.78, 5) is 23.8. The van der Waals surface area contributed by atoms with Gasteiger partial charge in [0, 0.05) is 23.6 Å². The van der Waals surface area contributed by atoms with Crippen molar-refractivity contribution in [3.05, 3.63) is 65.6 Å². The molecule has 0 saturated heterocycles. The van der Waals surface area contributed by atoms with Crippen molar-refractivity contribution in [2.45, 2.75) is 0 Å². The number of ether oxygens (including phenoxy) is 1. The Morgan fingerprint density at radius 2 is 1.79 bits per heavy atom. The number of carbonyl (C=O) groups is 2. The van der Waals surface area contributed by atoms with Crippen molar-refractivity contribution in [1.82, 2.24) is 4.57 Å². The molecule has 3 aromatic rings. The van der Waals surface area contributed by atoms with Gasteiger partial charge in [0.1, 0.15) is 11.5 Å². The largest absolute Gasteiger partial charge is 0.465 e. The molecule has 24 heavy (non-hydrogen) atoms. The van der Waals surface area contributed by atoms with E-state index in [0.29, 0.717) is 22.3 Å². The van der Waals surface area contributed by atoms with Gasteiger partial charge >= 0.3 is 5.97 Å². The van der Waals surface area contributed by atoms with Gasteiger partial charge in [0.05, 0.1) is 12.7 Å². The maximum atomic E-state index is 13.3. The second kappa shape index (κ2) is 6.16.